The molecule has 1 fully saturated rings. The molecule has 6 nitrogen and oxygen atoms in total. The van der Waals surface area contributed by atoms with Crippen LogP contribution < -0.4 is 4.90 Å². The third-order valence-corrected chi connectivity index (χ3v) is 5.55. The van der Waals surface area contributed by atoms with Gasteiger partial charge in [0, 0.05) is 25.0 Å². The van der Waals surface area contributed by atoms with Gasteiger partial charge in [0.2, 0.25) is 5.95 Å². The summed E-state index contributed by atoms with van der Waals surface area (Å²) in [6, 6.07) is 12.2. The smallest absolute Gasteiger partial charge is 0.232 e. The summed E-state index contributed by atoms with van der Waals surface area (Å²) in [5, 5.41) is 10.3. The molecule has 2 aromatic heterocycles. The lowest BCUT2D eigenvalue weighted by molar-refractivity contribution is 0.122. The lowest BCUT2D eigenvalue weighted by Crippen LogP contribution is -2.37. The number of aryl methyl sites for hydroxylation is 1. The van der Waals surface area contributed by atoms with Crippen LogP contribution >= 0.6 is 23.4 Å². The maximum Gasteiger partial charge on any atom is 0.232 e. The van der Waals surface area contributed by atoms with Crippen molar-refractivity contribution in [3.8, 4) is 5.69 Å². The molecule has 1 aliphatic heterocycles. The predicted molar refractivity (Wildman–Crippen MR) is 108 cm³/mol. The Balaban J connectivity index is 1.65. The molecule has 3 heterocycles. The van der Waals surface area contributed by atoms with Crippen LogP contribution in [0.4, 0.5) is 5.95 Å². The molecule has 1 aromatic carbocycles. The monoisotopic (exact) mass is 401 g/mol. The third-order valence-electron chi connectivity index (χ3n) is 4.33. The normalized spacial score (nSPS) is 14.5. The molecule has 0 saturated carbocycles. The van der Waals surface area contributed by atoms with E-state index in [4.69, 9.17) is 16.3 Å². The van der Waals surface area contributed by atoms with Gasteiger partial charge in [-0.05, 0) is 36.2 Å². The Labute approximate surface area is 167 Å². The number of hydrogen-bond acceptors (Lipinski definition) is 6. The molecule has 3 aromatic rings. The Kier molecular flexibility index (Phi) is 5.61. The first-order chi connectivity index (χ1) is 13.2. The molecule has 8 heteroatoms. The molecule has 0 N–H and O–H groups in total. The van der Waals surface area contributed by atoms with Gasteiger partial charge in [0.25, 0.3) is 0 Å². The van der Waals surface area contributed by atoms with E-state index in [2.05, 4.69) is 55.8 Å². The summed E-state index contributed by atoms with van der Waals surface area (Å²) in [7, 11) is 0. The van der Waals surface area contributed by atoms with Crippen LogP contribution in [0.3, 0.4) is 0 Å². The van der Waals surface area contributed by atoms with Gasteiger partial charge in [-0.2, -0.15) is 0 Å². The van der Waals surface area contributed by atoms with E-state index >= 15 is 0 Å². The van der Waals surface area contributed by atoms with Crippen molar-refractivity contribution in [3.05, 3.63) is 58.9 Å². The SMILES string of the molecule is Cc1cccc(-n2c(SCc3ccc(Cl)nc3)nnc2N2CCOCC2)c1. The fourth-order valence-electron chi connectivity index (χ4n) is 2.96. The largest absolute Gasteiger partial charge is 0.378 e. The topological polar surface area (TPSA) is 56.1 Å². The fourth-order valence-corrected chi connectivity index (χ4v) is 3.95. The van der Waals surface area contributed by atoms with Gasteiger partial charge in [-0.3, -0.25) is 4.57 Å². The molecule has 1 saturated heterocycles. The molecular formula is C19H20ClN5OS. The summed E-state index contributed by atoms with van der Waals surface area (Å²) in [4.78, 5) is 6.38. The van der Waals surface area contributed by atoms with Crippen LogP contribution in [0.5, 0.6) is 0 Å². The minimum Gasteiger partial charge on any atom is -0.378 e. The number of nitrogens with zero attached hydrogens (tertiary/aromatic N) is 5. The molecule has 4 rings (SSSR count). The Bertz CT molecular complexity index is 909. The number of halogens is 1. The molecule has 0 aliphatic carbocycles. The first kappa shape index (κ1) is 18.3. The zero-order valence-electron chi connectivity index (χ0n) is 15.0. The van der Waals surface area contributed by atoms with Crippen LogP contribution in [0.25, 0.3) is 5.69 Å². The minimum absolute atomic E-state index is 0.501. The van der Waals surface area contributed by atoms with Crippen molar-refractivity contribution in [2.24, 2.45) is 0 Å². The lowest BCUT2D eigenvalue weighted by Gasteiger charge is -2.28. The summed E-state index contributed by atoms with van der Waals surface area (Å²) < 4.78 is 7.62. The molecule has 0 unspecified atom stereocenters. The van der Waals surface area contributed by atoms with Crippen molar-refractivity contribution in [1.82, 2.24) is 19.7 Å². The van der Waals surface area contributed by atoms with Gasteiger partial charge >= 0.3 is 0 Å². The van der Waals surface area contributed by atoms with E-state index in [1.54, 1.807) is 18.0 Å². The van der Waals surface area contributed by atoms with Crippen molar-refractivity contribution >= 4 is 29.3 Å². The fraction of sp³-hybridized carbons (Fsp3) is 0.316. The molecule has 140 valence electrons. The molecule has 0 bridgehead atoms. The van der Waals surface area contributed by atoms with Crippen molar-refractivity contribution in [2.75, 3.05) is 31.2 Å². The van der Waals surface area contributed by atoms with Crippen molar-refractivity contribution in [1.29, 1.82) is 0 Å². The summed E-state index contributed by atoms with van der Waals surface area (Å²) >= 11 is 7.52. The average molecular weight is 402 g/mol. The number of ether oxygens (including phenoxy) is 1. The predicted octanol–water partition coefficient (Wildman–Crippen LogP) is 3.75. The van der Waals surface area contributed by atoms with Gasteiger partial charge in [-0.1, -0.05) is 41.6 Å². The first-order valence-electron chi connectivity index (χ1n) is 8.79. The molecule has 0 radical (unpaired) electrons. The highest BCUT2D eigenvalue weighted by atomic mass is 35.5. The third kappa shape index (κ3) is 4.26. The van der Waals surface area contributed by atoms with Crippen LogP contribution in [0.15, 0.2) is 47.8 Å². The van der Waals surface area contributed by atoms with Gasteiger partial charge in [-0.25, -0.2) is 4.98 Å². The summed E-state index contributed by atoms with van der Waals surface area (Å²) in [6.45, 7) is 5.14. The Morgan fingerprint density at radius 2 is 2.00 bits per heavy atom. The van der Waals surface area contributed by atoms with Crippen LogP contribution in [0.1, 0.15) is 11.1 Å². The number of aromatic nitrogens is 4. The number of benzene rings is 1. The number of thioether (sulfide) groups is 1. The highest BCUT2D eigenvalue weighted by Crippen LogP contribution is 2.29. The van der Waals surface area contributed by atoms with Crippen LogP contribution in [0.2, 0.25) is 5.15 Å². The molecule has 27 heavy (non-hydrogen) atoms. The minimum atomic E-state index is 0.501. The second kappa shape index (κ2) is 8.29. The van der Waals surface area contributed by atoms with Crippen molar-refractivity contribution < 1.29 is 4.74 Å². The maximum absolute atomic E-state index is 5.88. The molecule has 0 atom stereocenters. The number of rotatable bonds is 5. The highest BCUT2D eigenvalue weighted by Gasteiger charge is 2.21. The van der Waals surface area contributed by atoms with E-state index in [1.165, 1.54) is 5.56 Å². The molecular weight excluding hydrogens is 382 g/mol. The summed E-state index contributed by atoms with van der Waals surface area (Å²) in [5.74, 6) is 1.61. The second-order valence-corrected chi connectivity index (χ2v) is 7.66. The molecule has 1 aliphatic rings. The van der Waals surface area contributed by atoms with Gasteiger partial charge in [0.15, 0.2) is 5.16 Å². The van der Waals surface area contributed by atoms with E-state index in [1.807, 2.05) is 12.1 Å². The number of morpholine rings is 1. The van der Waals surface area contributed by atoms with Crippen LogP contribution in [-0.2, 0) is 10.5 Å². The van der Waals surface area contributed by atoms with E-state index in [0.29, 0.717) is 18.4 Å². The Hall–Kier alpha value is -2.09. The maximum atomic E-state index is 5.88. The molecule has 0 spiro atoms. The van der Waals surface area contributed by atoms with Gasteiger partial charge in [0.1, 0.15) is 5.15 Å². The number of pyridine rings is 1. The van der Waals surface area contributed by atoms with E-state index < -0.39 is 0 Å². The zero-order valence-corrected chi connectivity index (χ0v) is 16.6. The quantitative estimate of drug-likeness (QED) is 0.479. The zero-order chi connectivity index (χ0) is 18.6. The second-order valence-electron chi connectivity index (χ2n) is 6.33. The number of anilines is 1. The standard InChI is InChI=1S/C19H20ClN5OS/c1-14-3-2-4-16(11-14)25-18(24-7-9-26-10-8-24)22-23-19(25)27-13-15-5-6-17(20)21-12-15/h2-6,11-12H,7-10,13H2,1H3. The Morgan fingerprint density at radius 3 is 2.74 bits per heavy atom. The average Bonchev–Trinajstić information content (AvgIpc) is 3.12. The van der Waals surface area contributed by atoms with Gasteiger partial charge < -0.3 is 9.64 Å². The highest BCUT2D eigenvalue weighted by molar-refractivity contribution is 7.98. The van der Waals surface area contributed by atoms with Crippen molar-refractivity contribution in [2.45, 2.75) is 17.8 Å². The number of hydrogen-bond donors (Lipinski definition) is 0. The molecule has 0 amide bonds. The van der Waals surface area contributed by atoms with Crippen LogP contribution in [-0.4, -0.2) is 46.1 Å². The van der Waals surface area contributed by atoms with E-state index in [-0.39, 0.29) is 0 Å². The van der Waals surface area contributed by atoms with Crippen LogP contribution in [0, 0.1) is 6.92 Å². The summed E-state index contributed by atoms with van der Waals surface area (Å²) in [5.41, 5.74) is 3.36. The Morgan fingerprint density at radius 1 is 1.15 bits per heavy atom. The lowest BCUT2D eigenvalue weighted by atomic mass is 10.2. The van der Waals surface area contributed by atoms with Gasteiger partial charge in [-0.15, -0.1) is 10.2 Å². The van der Waals surface area contributed by atoms with E-state index in [9.17, 15) is 0 Å². The van der Waals surface area contributed by atoms with E-state index in [0.717, 1.165) is 41.2 Å². The first-order valence-corrected chi connectivity index (χ1v) is 10.2. The van der Waals surface area contributed by atoms with Crippen molar-refractivity contribution in [3.63, 3.8) is 0 Å². The van der Waals surface area contributed by atoms with Gasteiger partial charge in [0.05, 0.1) is 18.9 Å². The summed E-state index contributed by atoms with van der Waals surface area (Å²) in [6.07, 6.45) is 1.80.